The van der Waals surface area contributed by atoms with Crippen molar-refractivity contribution < 1.29 is 28.2 Å². The molecule has 1 aromatic rings. The van der Waals surface area contributed by atoms with Crippen LogP contribution in [0.5, 0.6) is 5.75 Å². The van der Waals surface area contributed by atoms with E-state index in [1.165, 1.54) is 36.0 Å². The maximum absolute atomic E-state index is 11.9. The van der Waals surface area contributed by atoms with Gasteiger partial charge in [-0.1, -0.05) is 0 Å². The number of alkyl halides is 2. The smallest absolute Gasteiger partial charge is 0.387 e. The quantitative estimate of drug-likeness (QED) is 0.589. The summed E-state index contributed by atoms with van der Waals surface area (Å²) in [6.07, 6.45) is -0.000880. The Hall–Kier alpha value is -1.63. The molecule has 7 heteroatoms. The Morgan fingerprint density at radius 1 is 1.26 bits per heavy atom. The van der Waals surface area contributed by atoms with Crippen molar-refractivity contribution in [1.82, 2.24) is 0 Å². The monoisotopic (exact) mass is 290 g/mol. The van der Waals surface area contributed by atoms with Gasteiger partial charge in [0.2, 0.25) is 0 Å². The van der Waals surface area contributed by atoms with Crippen molar-refractivity contribution in [3.05, 3.63) is 29.8 Å². The van der Waals surface area contributed by atoms with Gasteiger partial charge in [0.1, 0.15) is 5.75 Å². The number of carbonyl (C=O) groups is 2. The summed E-state index contributed by atoms with van der Waals surface area (Å²) in [6, 6.07) is 5.39. The average molecular weight is 290 g/mol. The molecule has 1 aromatic carbocycles. The first-order valence-electron chi connectivity index (χ1n) is 5.36. The number of carboxylic acids is 1. The van der Waals surface area contributed by atoms with Gasteiger partial charge in [0.05, 0.1) is 12.2 Å². The standard InChI is InChI=1S/C12H12F2O4S/c13-12(14)18-9-3-1-8(2-4-9)10(15)7-19-6-5-11(16)17/h1-4,12H,5-7H2,(H,16,17). The van der Waals surface area contributed by atoms with Gasteiger partial charge in [-0.2, -0.15) is 20.5 Å². The van der Waals surface area contributed by atoms with E-state index >= 15 is 0 Å². The summed E-state index contributed by atoms with van der Waals surface area (Å²) < 4.78 is 28.0. The molecule has 0 amide bonds. The Bertz CT molecular complexity index is 434. The van der Waals surface area contributed by atoms with Crippen LogP contribution in [-0.4, -0.2) is 35.0 Å². The van der Waals surface area contributed by atoms with Crippen molar-refractivity contribution >= 4 is 23.5 Å². The molecule has 19 heavy (non-hydrogen) atoms. The zero-order valence-electron chi connectivity index (χ0n) is 9.84. The topological polar surface area (TPSA) is 63.6 Å². The second-order valence-electron chi connectivity index (χ2n) is 3.52. The Morgan fingerprint density at radius 2 is 1.89 bits per heavy atom. The van der Waals surface area contributed by atoms with Crippen molar-refractivity contribution in [3.8, 4) is 5.75 Å². The number of halogens is 2. The van der Waals surface area contributed by atoms with Crippen LogP contribution in [0.3, 0.4) is 0 Å². The lowest BCUT2D eigenvalue weighted by molar-refractivity contribution is -0.136. The van der Waals surface area contributed by atoms with Crippen molar-refractivity contribution in [2.75, 3.05) is 11.5 Å². The maximum Gasteiger partial charge on any atom is 0.387 e. The van der Waals surface area contributed by atoms with Crippen LogP contribution in [0.2, 0.25) is 0 Å². The van der Waals surface area contributed by atoms with Crippen molar-refractivity contribution in [2.24, 2.45) is 0 Å². The highest BCUT2D eigenvalue weighted by Gasteiger charge is 2.08. The van der Waals surface area contributed by atoms with E-state index in [2.05, 4.69) is 4.74 Å². The van der Waals surface area contributed by atoms with Gasteiger partial charge in [-0.05, 0) is 24.3 Å². The number of carboxylic acid groups (broad SMARTS) is 1. The van der Waals surface area contributed by atoms with Gasteiger partial charge >= 0.3 is 12.6 Å². The zero-order chi connectivity index (χ0) is 14.3. The molecule has 0 aliphatic heterocycles. The van der Waals surface area contributed by atoms with E-state index in [9.17, 15) is 18.4 Å². The van der Waals surface area contributed by atoms with Gasteiger partial charge in [0.25, 0.3) is 0 Å². The fourth-order valence-electron chi connectivity index (χ4n) is 1.23. The molecule has 0 spiro atoms. The molecule has 0 radical (unpaired) electrons. The zero-order valence-corrected chi connectivity index (χ0v) is 10.7. The number of aliphatic carboxylic acids is 1. The lowest BCUT2D eigenvalue weighted by Crippen LogP contribution is -2.05. The molecule has 0 aromatic heterocycles. The molecule has 0 aliphatic carbocycles. The van der Waals surface area contributed by atoms with E-state index in [1.807, 2.05) is 0 Å². The summed E-state index contributed by atoms with van der Waals surface area (Å²) in [7, 11) is 0. The van der Waals surface area contributed by atoms with Gasteiger partial charge < -0.3 is 9.84 Å². The molecular weight excluding hydrogens is 278 g/mol. The summed E-state index contributed by atoms with van der Waals surface area (Å²) in [5.74, 6) is -0.590. The van der Waals surface area contributed by atoms with Gasteiger partial charge in [-0.15, -0.1) is 0 Å². The Balaban J connectivity index is 2.42. The molecule has 0 heterocycles. The number of ketones is 1. The van der Waals surface area contributed by atoms with E-state index in [1.54, 1.807) is 0 Å². The first-order chi connectivity index (χ1) is 8.99. The molecule has 0 atom stereocenters. The lowest BCUT2D eigenvalue weighted by atomic mass is 10.1. The van der Waals surface area contributed by atoms with Gasteiger partial charge in [0, 0.05) is 11.3 Å². The predicted molar refractivity (Wildman–Crippen MR) is 67.0 cm³/mol. The molecule has 0 saturated heterocycles. The third-order valence-electron chi connectivity index (χ3n) is 2.09. The Labute approximate surface area is 112 Å². The molecule has 0 saturated carbocycles. The number of thioether (sulfide) groups is 1. The van der Waals surface area contributed by atoms with Crippen molar-refractivity contribution in [2.45, 2.75) is 13.0 Å². The fourth-order valence-corrected chi connectivity index (χ4v) is 2.05. The van der Waals surface area contributed by atoms with E-state index in [0.29, 0.717) is 11.3 Å². The second-order valence-corrected chi connectivity index (χ2v) is 4.63. The summed E-state index contributed by atoms with van der Waals surface area (Å²) >= 11 is 1.22. The van der Waals surface area contributed by atoms with Crippen LogP contribution in [0.1, 0.15) is 16.8 Å². The predicted octanol–water partition coefficient (Wildman–Crippen LogP) is 2.68. The van der Waals surface area contributed by atoms with Gasteiger partial charge in [-0.25, -0.2) is 0 Å². The third-order valence-corrected chi connectivity index (χ3v) is 3.05. The highest BCUT2D eigenvalue weighted by atomic mass is 32.2. The minimum absolute atomic E-state index is 0.000880. The van der Waals surface area contributed by atoms with E-state index in [-0.39, 0.29) is 23.7 Å². The molecule has 1 rings (SSSR count). The minimum Gasteiger partial charge on any atom is -0.481 e. The first kappa shape index (κ1) is 15.4. The average Bonchev–Trinajstić information content (AvgIpc) is 2.34. The number of rotatable bonds is 8. The van der Waals surface area contributed by atoms with Crippen LogP contribution in [0, 0.1) is 0 Å². The van der Waals surface area contributed by atoms with E-state index in [4.69, 9.17) is 5.11 Å². The van der Waals surface area contributed by atoms with E-state index in [0.717, 1.165) is 0 Å². The minimum atomic E-state index is -2.90. The second kappa shape index (κ2) is 7.73. The molecule has 0 bridgehead atoms. The Morgan fingerprint density at radius 3 is 2.42 bits per heavy atom. The van der Waals surface area contributed by atoms with Gasteiger partial charge in [0.15, 0.2) is 5.78 Å². The summed E-state index contributed by atoms with van der Waals surface area (Å²) in [6.45, 7) is -2.90. The summed E-state index contributed by atoms with van der Waals surface area (Å²) in [5.41, 5.74) is 0.379. The van der Waals surface area contributed by atoms with Gasteiger partial charge in [-0.3, -0.25) is 9.59 Å². The van der Waals surface area contributed by atoms with Crippen molar-refractivity contribution in [3.63, 3.8) is 0 Å². The third kappa shape index (κ3) is 6.19. The lowest BCUT2D eigenvalue weighted by Gasteiger charge is -2.05. The molecule has 4 nitrogen and oxygen atoms in total. The van der Waals surface area contributed by atoms with Crippen LogP contribution in [0.15, 0.2) is 24.3 Å². The fraction of sp³-hybridized carbons (Fsp3) is 0.333. The SMILES string of the molecule is O=C(O)CCSCC(=O)c1ccc(OC(F)F)cc1. The van der Waals surface area contributed by atoms with Crippen LogP contribution in [0.25, 0.3) is 0 Å². The molecule has 104 valence electrons. The number of ether oxygens (including phenoxy) is 1. The van der Waals surface area contributed by atoms with Crippen LogP contribution >= 0.6 is 11.8 Å². The molecule has 0 fully saturated rings. The number of hydrogen-bond acceptors (Lipinski definition) is 4. The first-order valence-corrected chi connectivity index (χ1v) is 6.52. The van der Waals surface area contributed by atoms with Crippen LogP contribution < -0.4 is 4.74 Å². The Kier molecular flexibility index (Phi) is 6.27. The number of benzene rings is 1. The van der Waals surface area contributed by atoms with Crippen LogP contribution in [0.4, 0.5) is 8.78 Å². The molecule has 1 N–H and O–H groups in total. The largest absolute Gasteiger partial charge is 0.481 e. The number of Topliss-reactive ketones (excluding diaryl/α,β-unsaturated/α-hetero) is 1. The molecule has 0 aliphatic rings. The normalized spacial score (nSPS) is 10.5. The number of hydrogen-bond donors (Lipinski definition) is 1. The van der Waals surface area contributed by atoms with Crippen molar-refractivity contribution in [1.29, 1.82) is 0 Å². The molecule has 0 unspecified atom stereocenters. The number of carbonyl (C=O) groups excluding carboxylic acids is 1. The maximum atomic E-state index is 11.9. The van der Waals surface area contributed by atoms with E-state index < -0.39 is 12.6 Å². The van der Waals surface area contributed by atoms with Crippen LogP contribution in [-0.2, 0) is 4.79 Å². The summed E-state index contributed by atoms with van der Waals surface area (Å²) in [4.78, 5) is 21.9. The highest BCUT2D eigenvalue weighted by Crippen LogP contribution is 2.16. The highest BCUT2D eigenvalue weighted by molar-refractivity contribution is 8.00. The summed E-state index contributed by atoms with van der Waals surface area (Å²) in [5, 5.41) is 8.42. The molecular formula is C12H12F2O4S.